The molecule has 114 valence electrons. The molecule has 0 N–H and O–H groups in total. The van der Waals surface area contributed by atoms with E-state index < -0.39 is 0 Å². The molecule has 0 aliphatic heterocycles. The molecule has 0 aromatic rings. The molecule has 2 aliphatic rings. The first-order valence-electron chi connectivity index (χ1n) is 6.00. The van der Waals surface area contributed by atoms with Crippen molar-refractivity contribution < 1.29 is 23.3 Å². The molecule has 0 heterocycles. The number of hydrogen-bond donors (Lipinski definition) is 0. The van der Waals surface area contributed by atoms with Gasteiger partial charge in [0.05, 0.1) is 0 Å². The first kappa shape index (κ1) is 25.2. The molecule has 0 radical (unpaired) electrons. The molecule has 0 aromatic heterocycles. The Morgan fingerprint density at radius 3 is 1.35 bits per heavy atom. The Kier molecular flexibility index (Phi) is 14.9. The molecule has 0 nitrogen and oxygen atoms in total. The fourth-order valence-electron chi connectivity index (χ4n) is 2.45. The molecule has 0 saturated heterocycles. The average molecular weight is 387 g/mol. The van der Waals surface area contributed by atoms with Gasteiger partial charge in [-0.1, -0.05) is 25.0 Å². The van der Waals surface area contributed by atoms with E-state index in [1.165, 1.54) is 33.4 Å². The van der Waals surface area contributed by atoms with Gasteiger partial charge in [0.1, 0.15) is 0 Å². The van der Waals surface area contributed by atoms with Gasteiger partial charge in [0.25, 0.3) is 0 Å². The summed E-state index contributed by atoms with van der Waals surface area (Å²) in [7, 11) is 0. The third-order valence-electron chi connectivity index (χ3n) is 3.23. The van der Waals surface area contributed by atoms with E-state index in [0.717, 1.165) is 12.8 Å². The van der Waals surface area contributed by atoms with Crippen LogP contribution >= 0.6 is 12.4 Å². The van der Waals surface area contributed by atoms with Crippen molar-refractivity contribution in [1.82, 2.24) is 0 Å². The fraction of sp³-hybridized carbons (Fsp3) is 0.353. The summed E-state index contributed by atoms with van der Waals surface area (Å²) in [6.45, 7) is 10.8. The maximum atomic E-state index is 2.39. The molecule has 2 rings (SSSR count). The van der Waals surface area contributed by atoms with E-state index in [2.05, 4.69) is 46.3 Å². The predicted molar refractivity (Wildman–Crippen MR) is 95.1 cm³/mol. The third-order valence-corrected chi connectivity index (χ3v) is 3.23. The van der Waals surface area contributed by atoms with Crippen molar-refractivity contribution in [3.63, 3.8) is 0 Å². The van der Waals surface area contributed by atoms with Crippen LogP contribution in [-0.4, -0.2) is 6.88 Å². The monoisotopic (exact) mass is 385 g/mol. The van der Waals surface area contributed by atoms with Crippen LogP contribution in [0.4, 0.5) is 0 Å². The van der Waals surface area contributed by atoms with E-state index in [1.807, 2.05) is 6.88 Å². The molecular weight excluding hydrogens is 359 g/mol. The first-order valence-corrected chi connectivity index (χ1v) is 11.9. The Labute approximate surface area is 149 Å². The third kappa shape index (κ3) is 6.78. The summed E-state index contributed by atoms with van der Waals surface area (Å²) in [6.07, 6.45) is 9.28. The van der Waals surface area contributed by atoms with E-state index in [4.69, 9.17) is 0 Å². The summed E-state index contributed by atoms with van der Waals surface area (Å²) < 4.78 is 0. The molecule has 0 spiro atoms. The topological polar surface area (TPSA) is 0 Å². The Balaban J connectivity index is -0.000000553. The first-order chi connectivity index (χ1) is 8.06. The molecule has 0 bridgehead atoms. The molecule has 0 fully saturated rings. The van der Waals surface area contributed by atoms with Gasteiger partial charge in [-0.3, -0.25) is 0 Å². The van der Waals surface area contributed by atoms with Crippen molar-refractivity contribution in [3.8, 4) is 0 Å². The molecule has 0 atom stereocenters. The average Bonchev–Trinajstić information content (AvgIpc) is 2.74. The Hall–Kier alpha value is 0.220. The van der Waals surface area contributed by atoms with E-state index in [1.54, 1.807) is 23.3 Å². The number of rotatable bonds is 2. The number of allylic oxidation sites excluding steroid dienone is 8. The SMILES string of the molecule is CC1=CC(C)=C([CH-]C2=C(C)C=C(C)C2)C1.Cl.[CH3-].[CH3-].[SiH2]=[Zr]. The van der Waals surface area contributed by atoms with Gasteiger partial charge in [0.15, 0.2) is 0 Å². The van der Waals surface area contributed by atoms with Crippen LogP contribution in [0, 0.1) is 21.3 Å². The van der Waals surface area contributed by atoms with Crippen LogP contribution in [-0.2, 0) is 23.3 Å². The molecule has 0 aromatic carbocycles. The second-order valence-corrected chi connectivity index (χ2v) is 4.90. The van der Waals surface area contributed by atoms with Gasteiger partial charge in [-0.05, 0) is 26.7 Å². The molecule has 3 heteroatoms. The van der Waals surface area contributed by atoms with Crippen molar-refractivity contribution in [2.45, 2.75) is 40.5 Å². The van der Waals surface area contributed by atoms with E-state index in [9.17, 15) is 0 Å². The van der Waals surface area contributed by atoms with Crippen molar-refractivity contribution in [2.24, 2.45) is 0 Å². The Morgan fingerprint density at radius 1 is 0.850 bits per heavy atom. The van der Waals surface area contributed by atoms with Gasteiger partial charge in [-0.2, -0.15) is 6.42 Å². The molecule has 0 saturated carbocycles. The normalized spacial score (nSPS) is 15.9. The Bertz CT molecular complexity index is 402. The van der Waals surface area contributed by atoms with Crippen LogP contribution in [0.1, 0.15) is 40.5 Å². The van der Waals surface area contributed by atoms with Gasteiger partial charge in [0, 0.05) is 0 Å². The number of halogens is 1. The molecule has 20 heavy (non-hydrogen) atoms. The van der Waals surface area contributed by atoms with Crippen LogP contribution in [0.25, 0.3) is 0 Å². The zero-order valence-electron chi connectivity index (χ0n) is 13.8. The summed E-state index contributed by atoms with van der Waals surface area (Å²) in [4.78, 5) is 0. The molecule has 2 aliphatic carbocycles. The van der Waals surface area contributed by atoms with Gasteiger partial charge in [-0.15, -0.1) is 46.9 Å². The van der Waals surface area contributed by atoms with Crippen LogP contribution in [0.2, 0.25) is 0 Å². The summed E-state index contributed by atoms with van der Waals surface area (Å²) in [5.74, 6) is 0. The molecule has 0 amide bonds. The van der Waals surface area contributed by atoms with Gasteiger partial charge in [-0.25, -0.2) is 0 Å². The van der Waals surface area contributed by atoms with E-state index >= 15 is 0 Å². The van der Waals surface area contributed by atoms with Crippen LogP contribution < -0.4 is 0 Å². The van der Waals surface area contributed by atoms with Crippen molar-refractivity contribution in [2.75, 3.05) is 0 Å². The Morgan fingerprint density at radius 2 is 1.15 bits per heavy atom. The second-order valence-electron chi connectivity index (χ2n) is 4.90. The van der Waals surface area contributed by atoms with Crippen molar-refractivity contribution >= 4 is 19.3 Å². The van der Waals surface area contributed by atoms with Crippen molar-refractivity contribution in [1.29, 1.82) is 0 Å². The van der Waals surface area contributed by atoms with Crippen LogP contribution in [0.3, 0.4) is 0 Å². The van der Waals surface area contributed by atoms with Crippen LogP contribution in [0.15, 0.2) is 45.6 Å². The summed E-state index contributed by atoms with van der Waals surface area (Å²) in [6, 6.07) is 0. The van der Waals surface area contributed by atoms with E-state index in [0.29, 0.717) is 0 Å². The zero-order chi connectivity index (χ0) is 13.0. The summed E-state index contributed by atoms with van der Waals surface area (Å²) >= 11 is 1.58. The standard InChI is InChI=1S/C15H19.2CH3.ClH.H2Si.Zr/c1-10-5-12(3)14(7-10)9-15-8-11(2)6-13(15)4;;;;;/h5-6,9H,7-8H2,1-4H3;2*1H3;1H;1H2;/q3*-1;;;. The van der Waals surface area contributed by atoms with Gasteiger partial charge < -0.3 is 14.9 Å². The van der Waals surface area contributed by atoms with E-state index in [-0.39, 0.29) is 27.3 Å². The summed E-state index contributed by atoms with van der Waals surface area (Å²) in [5, 5.41) is 0. The fourth-order valence-corrected chi connectivity index (χ4v) is 2.45. The minimum absolute atomic E-state index is 0. The van der Waals surface area contributed by atoms with Gasteiger partial charge in [0.2, 0.25) is 0 Å². The summed E-state index contributed by atoms with van der Waals surface area (Å²) in [5.41, 5.74) is 8.86. The van der Waals surface area contributed by atoms with Gasteiger partial charge >= 0.3 is 30.2 Å². The molecular formula is C17H28ClSiZr-3. The van der Waals surface area contributed by atoms with Crippen molar-refractivity contribution in [3.05, 3.63) is 66.9 Å². The number of hydrogen-bond acceptors (Lipinski definition) is 0. The minimum atomic E-state index is 0. The molecule has 0 unspecified atom stereocenters. The maximum absolute atomic E-state index is 2.39. The zero-order valence-corrected chi connectivity index (χ0v) is 18.5. The van der Waals surface area contributed by atoms with Crippen LogP contribution in [0.5, 0.6) is 0 Å². The quantitative estimate of drug-likeness (QED) is 0.466. The predicted octanol–water partition coefficient (Wildman–Crippen LogP) is 4.93. The second kappa shape index (κ2) is 11.8.